The predicted octanol–water partition coefficient (Wildman–Crippen LogP) is 2.12. The molecule has 0 saturated heterocycles. The summed E-state index contributed by atoms with van der Waals surface area (Å²) in [7, 11) is 0. The van der Waals surface area contributed by atoms with Crippen molar-refractivity contribution < 1.29 is 1.43 Å². The van der Waals surface area contributed by atoms with Gasteiger partial charge in [0.2, 0.25) is 0 Å². The van der Waals surface area contributed by atoms with Gasteiger partial charge in [0.25, 0.3) is 0 Å². The van der Waals surface area contributed by atoms with Gasteiger partial charge in [0.05, 0.1) is 15.7 Å². The Labute approximate surface area is 63.8 Å². The molecule has 0 unspecified atom stereocenters. The lowest BCUT2D eigenvalue weighted by Crippen LogP contribution is -1.81. The summed E-state index contributed by atoms with van der Waals surface area (Å²) < 4.78 is 1.19. The first-order chi connectivity index (χ1) is 4.86. The number of benzene rings is 1. The minimum Gasteiger partial charge on any atom is -0.399 e. The van der Waals surface area contributed by atoms with Gasteiger partial charge in [-0.05, 0) is 18.2 Å². The van der Waals surface area contributed by atoms with Crippen molar-refractivity contribution >= 4 is 27.2 Å². The van der Waals surface area contributed by atoms with Crippen molar-refractivity contribution in [2.75, 3.05) is 5.73 Å². The topological polar surface area (TPSA) is 38.9 Å². The summed E-state index contributed by atoms with van der Waals surface area (Å²) in [4.78, 5) is 4.12. The molecule has 0 spiro atoms. The Bertz CT molecular complexity index is 358. The standard InChI is InChI=1S/C7H6N2S.H2/c8-5-1-2-7-6(3-5)9-4-10-7;/h1-4H,8H2;1H. The molecule has 0 saturated carbocycles. The fourth-order valence-corrected chi connectivity index (χ4v) is 1.53. The number of anilines is 1. The molecule has 0 bridgehead atoms. The Morgan fingerprint density at radius 2 is 2.40 bits per heavy atom. The van der Waals surface area contributed by atoms with E-state index >= 15 is 0 Å². The number of hydrogen-bond acceptors (Lipinski definition) is 3. The number of hydrogen-bond donors (Lipinski definition) is 1. The number of nitrogen functional groups attached to an aromatic ring is 1. The molecule has 1 heterocycles. The van der Waals surface area contributed by atoms with E-state index < -0.39 is 0 Å². The molecule has 2 aromatic rings. The quantitative estimate of drug-likeness (QED) is 0.587. The molecular formula is C7H8N2S. The molecule has 1 aromatic heterocycles. The zero-order valence-electron chi connectivity index (χ0n) is 5.24. The van der Waals surface area contributed by atoms with E-state index in [0.29, 0.717) is 0 Å². The molecule has 0 amide bonds. The summed E-state index contributed by atoms with van der Waals surface area (Å²) in [5.74, 6) is 0. The highest BCUT2D eigenvalue weighted by Gasteiger charge is 1.93. The number of thiazole rings is 1. The Kier molecular flexibility index (Phi) is 1.11. The van der Waals surface area contributed by atoms with Gasteiger partial charge < -0.3 is 5.73 Å². The first-order valence-electron chi connectivity index (χ1n) is 2.95. The van der Waals surface area contributed by atoms with Crippen LogP contribution in [0.1, 0.15) is 1.43 Å². The SMILES string of the molecule is Nc1ccc2scnc2c1.[HH]. The van der Waals surface area contributed by atoms with Crippen LogP contribution in [0.4, 0.5) is 5.69 Å². The van der Waals surface area contributed by atoms with Crippen molar-refractivity contribution in [1.29, 1.82) is 0 Å². The Hall–Kier alpha value is -1.09. The highest BCUT2D eigenvalue weighted by molar-refractivity contribution is 7.16. The van der Waals surface area contributed by atoms with Gasteiger partial charge in [-0.25, -0.2) is 4.98 Å². The fraction of sp³-hybridized carbons (Fsp3) is 0. The van der Waals surface area contributed by atoms with Crippen molar-refractivity contribution in [2.24, 2.45) is 0 Å². The molecular weight excluding hydrogens is 144 g/mol. The predicted molar refractivity (Wildman–Crippen MR) is 46.1 cm³/mol. The molecule has 0 fully saturated rings. The van der Waals surface area contributed by atoms with Crippen molar-refractivity contribution in [3.63, 3.8) is 0 Å². The summed E-state index contributed by atoms with van der Waals surface area (Å²) >= 11 is 1.63. The Balaban J connectivity index is 0.000000605. The minimum absolute atomic E-state index is 0. The third-order valence-electron chi connectivity index (χ3n) is 1.35. The lowest BCUT2D eigenvalue weighted by Gasteiger charge is -1.89. The molecule has 2 N–H and O–H groups in total. The van der Waals surface area contributed by atoms with E-state index in [9.17, 15) is 0 Å². The van der Waals surface area contributed by atoms with Gasteiger partial charge in [-0.2, -0.15) is 0 Å². The molecule has 0 atom stereocenters. The summed E-state index contributed by atoms with van der Waals surface area (Å²) in [5, 5.41) is 0. The highest BCUT2D eigenvalue weighted by Crippen LogP contribution is 2.19. The summed E-state index contributed by atoms with van der Waals surface area (Å²) in [6, 6.07) is 5.76. The number of aromatic nitrogens is 1. The van der Waals surface area contributed by atoms with Crippen molar-refractivity contribution in [2.45, 2.75) is 0 Å². The Morgan fingerprint density at radius 1 is 1.50 bits per heavy atom. The van der Waals surface area contributed by atoms with Crippen LogP contribution in [-0.4, -0.2) is 4.98 Å². The summed E-state index contributed by atoms with van der Waals surface area (Å²) in [6.45, 7) is 0. The average molecular weight is 152 g/mol. The molecule has 0 aliphatic carbocycles. The van der Waals surface area contributed by atoms with Gasteiger partial charge >= 0.3 is 0 Å². The molecule has 3 heteroatoms. The first kappa shape index (κ1) is 5.68. The number of fused-ring (bicyclic) bond motifs is 1. The second-order valence-corrected chi connectivity index (χ2v) is 2.97. The molecule has 0 aliphatic rings. The van der Waals surface area contributed by atoms with Crippen molar-refractivity contribution in [3.05, 3.63) is 23.7 Å². The van der Waals surface area contributed by atoms with E-state index in [2.05, 4.69) is 4.98 Å². The van der Waals surface area contributed by atoms with E-state index in [0.717, 1.165) is 11.2 Å². The molecule has 52 valence electrons. The van der Waals surface area contributed by atoms with Crippen LogP contribution >= 0.6 is 11.3 Å². The lowest BCUT2D eigenvalue weighted by atomic mass is 10.3. The van der Waals surface area contributed by atoms with Gasteiger partial charge in [0, 0.05) is 7.11 Å². The highest BCUT2D eigenvalue weighted by atomic mass is 32.1. The first-order valence-corrected chi connectivity index (χ1v) is 3.83. The smallest absolute Gasteiger partial charge is 0.0832 e. The second-order valence-electron chi connectivity index (χ2n) is 2.08. The molecule has 0 radical (unpaired) electrons. The summed E-state index contributed by atoms with van der Waals surface area (Å²) in [5.41, 5.74) is 9.14. The maximum Gasteiger partial charge on any atom is 0.0832 e. The van der Waals surface area contributed by atoms with Crippen LogP contribution in [0.3, 0.4) is 0 Å². The van der Waals surface area contributed by atoms with Crippen LogP contribution in [0, 0.1) is 0 Å². The van der Waals surface area contributed by atoms with Crippen LogP contribution in [0.2, 0.25) is 0 Å². The zero-order valence-corrected chi connectivity index (χ0v) is 6.06. The molecule has 0 aliphatic heterocycles. The van der Waals surface area contributed by atoms with Gasteiger partial charge in [0.15, 0.2) is 0 Å². The van der Waals surface area contributed by atoms with Crippen LogP contribution in [0.15, 0.2) is 23.7 Å². The van der Waals surface area contributed by atoms with E-state index in [1.807, 2.05) is 23.7 Å². The normalized spacial score (nSPS) is 10.4. The number of nitrogens with two attached hydrogens (primary N) is 1. The average Bonchev–Trinajstić information content (AvgIpc) is 2.33. The van der Waals surface area contributed by atoms with E-state index in [1.54, 1.807) is 11.3 Å². The van der Waals surface area contributed by atoms with Gasteiger partial charge in [-0.3, -0.25) is 0 Å². The molecule has 2 nitrogen and oxygen atoms in total. The minimum atomic E-state index is 0. The third kappa shape index (κ3) is 0.752. The lowest BCUT2D eigenvalue weighted by molar-refractivity contribution is 1.50. The Morgan fingerprint density at radius 3 is 3.30 bits per heavy atom. The molecule has 2 rings (SSSR count). The van der Waals surface area contributed by atoms with Gasteiger partial charge in [-0.15, -0.1) is 11.3 Å². The third-order valence-corrected chi connectivity index (χ3v) is 2.16. The second kappa shape index (κ2) is 1.95. The van der Waals surface area contributed by atoms with Gasteiger partial charge in [-0.1, -0.05) is 0 Å². The molecule has 10 heavy (non-hydrogen) atoms. The zero-order chi connectivity index (χ0) is 6.97. The maximum atomic E-state index is 5.55. The number of nitrogens with zero attached hydrogens (tertiary/aromatic N) is 1. The van der Waals surface area contributed by atoms with Crippen LogP contribution in [0.5, 0.6) is 0 Å². The van der Waals surface area contributed by atoms with Crippen LogP contribution in [-0.2, 0) is 0 Å². The van der Waals surface area contributed by atoms with Crippen molar-refractivity contribution in [1.82, 2.24) is 4.98 Å². The van der Waals surface area contributed by atoms with E-state index in [-0.39, 0.29) is 1.43 Å². The summed E-state index contributed by atoms with van der Waals surface area (Å²) in [6.07, 6.45) is 0. The molecule has 1 aromatic carbocycles. The van der Waals surface area contributed by atoms with E-state index in [1.165, 1.54) is 4.70 Å². The monoisotopic (exact) mass is 152 g/mol. The van der Waals surface area contributed by atoms with Crippen LogP contribution < -0.4 is 5.73 Å². The van der Waals surface area contributed by atoms with Gasteiger partial charge in [0.1, 0.15) is 0 Å². The van der Waals surface area contributed by atoms with E-state index in [4.69, 9.17) is 5.73 Å². The largest absolute Gasteiger partial charge is 0.399 e. The number of rotatable bonds is 0. The maximum absolute atomic E-state index is 5.55. The van der Waals surface area contributed by atoms with Crippen molar-refractivity contribution in [3.8, 4) is 0 Å². The fourth-order valence-electron chi connectivity index (χ4n) is 0.875. The van der Waals surface area contributed by atoms with Crippen LogP contribution in [0.25, 0.3) is 10.2 Å².